The molecule has 220 valence electrons. The van der Waals surface area contributed by atoms with Crippen LogP contribution in [-0.4, -0.2) is 66.7 Å². The molecule has 3 amide bonds. The summed E-state index contributed by atoms with van der Waals surface area (Å²) in [7, 11) is 5.12. The van der Waals surface area contributed by atoms with Crippen LogP contribution in [0.4, 0.5) is 10.5 Å². The number of fused-ring (bicyclic) bond motifs is 1. The molecule has 1 atom stereocenters. The number of amides is 3. The van der Waals surface area contributed by atoms with Gasteiger partial charge in [0.25, 0.3) is 0 Å². The number of halogens is 1. The summed E-state index contributed by atoms with van der Waals surface area (Å²) >= 11 is 6.70. The SMILES string of the molecule is COc1ccc(N2CC[C@H](C)N(Cc3cccc4c3c(Cl)cn4CC(=O)N(C)C)C2=O)cc1OCCCC1CCC1. The zero-order valence-corrected chi connectivity index (χ0v) is 25.3. The number of methoxy groups -OCH3 is 1. The molecule has 9 heteroatoms. The molecule has 1 aliphatic heterocycles. The van der Waals surface area contributed by atoms with Gasteiger partial charge in [-0.3, -0.25) is 9.69 Å². The third-order valence-corrected chi connectivity index (χ3v) is 8.85. The Morgan fingerprint density at radius 3 is 2.63 bits per heavy atom. The molecule has 1 saturated heterocycles. The van der Waals surface area contributed by atoms with E-state index in [1.54, 1.807) is 32.3 Å². The van der Waals surface area contributed by atoms with Gasteiger partial charge in [0.2, 0.25) is 5.91 Å². The summed E-state index contributed by atoms with van der Waals surface area (Å²) in [5, 5.41) is 1.45. The number of carbonyl (C=O) groups is 2. The lowest BCUT2D eigenvalue weighted by Gasteiger charge is -2.40. The third-order valence-electron chi connectivity index (χ3n) is 8.57. The van der Waals surface area contributed by atoms with E-state index in [9.17, 15) is 9.59 Å². The van der Waals surface area contributed by atoms with Crippen LogP contribution in [0.5, 0.6) is 11.5 Å². The van der Waals surface area contributed by atoms with Crippen LogP contribution in [0, 0.1) is 5.92 Å². The molecule has 0 radical (unpaired) electrons. The lowest BCUT2D eigenvalue weighted by molar-refractivity contribution is -0.129. The van der Waals surface area contributed by atoms with Gasteiger partial charge in [0.05, 0.1) is 24.3 Å². The van der Waals surface area contributed by atoms with Crippen molar-refractivity contribution in [2.24, 2.45) is 5.92 Å². The fourth-order valence-corrected chi connectivity index (χ4v) is 6.10. The second kappa shape index (κ2) is 12.6. The summed E-state index contributed by atoms with van der Waals surface area (Å²) in [5.74, 6) is 2.18. The fourth-order valence-electron chi connectivity index (χ4n) is 5.76. The molecule has 3 aromatic rings. The summed E-state index contributed by atoms with van der Waals surface area (Å²) in [5.41, 5.74) is 2.63. The molecule has 2 fully saturated rings. The van der Waals surface area contributed by atoms with Gasteiger partial charge >= 0.3 is 6.03 Å². The van der Waals surface area contributed by atoms with E-state index in [1.807, 2.05) is 50.8 Å². The zero-order chi connectivity index (χ0) is 29.1. The van der Waals surface area contributed by atoms with E-state index in [1.165, 1.54) is 25.7 Å². The number of hydrogen-bond donors (Lipinski definition) is 0. The van der Waals surface area contributed by atoms with Crippen LogP contribution in [0.3, 0.4) is 0 Å². The van der Waals surface area contributed by atoms with Crippen molar-refractivity contribution < 1.29 is 19.1 Å². The summed E-state index contributed by atoms with van der Waals surface area (Å²) in [4.78, 5) is 31.6. The average molecular weight is 581 g/mol. The van der Waals surface area contributed by atoms with Gasteiger partial charge in [0.1, 0.15) is 6.54 Å². The Hall–Kier alpha value is -3.39. The number of likely N-dealkylation sites (N-methyl/N-ethyl adjacent to an activating group) is 1. The van der Waals surface area contributed by atoms with Crippen molar-refractivity contribution in [2.45, 2.75) is 64.6 Å². The number of urea groups is 1. The molecule has 2 heterocycles. The topological polar surface area (TPSA) is 67.2 Å². The van der Waals surface area contributed by atoms with Crippen LogP contribution >= 0.6 is 11.6 Å². The molecule has 8 nitrogen and oxygen atoms in total. The first-order valence-electron chi connectivity index (χ1n) is 14.6. The minimum atomic E-state index is -0.0554. The Labute approximate surface area is 247 Å². The van der Waals surface area contributed by atoms with E-state index in [2.05, 4.69) is 6.92 Å². The minimum Gasteiger partial charge on any atom is -0.493 e. The van der Waals surface area contributed by atoms with Crippen molar-refractivity contribution in [1.29, 1.82) is 0 Å². The van der Waals surface area contributed by atoms with Crippen LogP contribution in [0.1, 0.15) is 51.0 Å². The van der Waals surface area contributed by atoms with Gasteiger partial charge in [-0.15, -0.1) is 0 Å². The second-order valence-electron chi connectivity index (χ2n) is 11.5. The number of nitrogens with zero attached hydrogens (tertiary/aromatic N) is 4. The largest absolute Gasteiger partial charge is 0.493 e. The van der Waals surface area contributed by atoms with E-state index in [4.69, 9.17) is 21.1 Å². The van der Waals surface area contributed by atoms with Gasteiger partial charge in [-0.1, -0.05) is 43.0 Å². The van der Waals surface area contributed by atoms with Gasteiger partial charge in [-0.05, 0) is 55.9 Å². The lowest BCUT2D eigenvalue weighted by atomic mass is 9.82. The van der Waals surface area contributed by atoms with Gasteiger partial charge in [-0.25, -0.2) is 4.79 Å². The summed E-state index contributed by atoms with van der Waals surface area (Å²) in [6, 6.07) is 11.7. The van der Waals surface area contributed by atoms with Gasteiger partial charge < -0.3 is 23.8 Å². The molecule has 0 bridgehead atoms. The third kappa shape index (κ3) is 6.27. The molecular weight excluding hydrogens is 540 g/mol. The van der Waals surface area contributed by atoms with E-state index < -0.39 is 0 Å². The van der Waals surface area contributed by atoms with E-state index >= 15 is 0 Å². The smallest absolute Gasteiger partial charge is 0.325 e. The predicted molar refractivity (Wildman–Crippen MR) is 163 cm³/mol. The number of anilines is 1. The lowest BCUT2D eigenvalue weighted by Crippen LogP contribution is -2.53. The highest BCUT2D eigenvalue weighted by Crippen LogP contribution is 2.36. The maximum absolute atomic E-state index is 13.9. The molecule has 5 rings (SSSR count). The summed E-state index contributed by atoms with van der Waals surface area (Å²) < 4.78 is 13.6. The Balaban J connectivity index is 1.34. The number of aromatic nitrogens is 1. The van der Waals surface area contributed by atoms with E-state index in [0.29, 0.717) is 36.2 Å². The van der Waals surface area contributed by atoms with Crippen molar-refractivity contribution in [3.8, 4) is 11.5 Å². The molecule has 1 aromatic heterocycles. The number of hydrogen-bond acceptors (Lipinski definition) is 4. The normalized spacial score (nSPS) is 17.6. The highest BCUT2D eigenvalue weighted by molar-refractivity contribution is 6.36. The van der Waals surface area contributed by atoms with Crippen molar-refractivity contribution in [3.05, 3.63) is 53.2 Å². The van der Waals surface area contributed by atoms with Crippen LogP contribution in [0.2, 0.25) is 5.02 Å². The molecule has 2 aliphatic rings. The predicted octanol–water partition coefficient (Wildman–Crippen LogP) is 6.57. The number of ether oxygens (including phenoxy) is 2. The first-order valence-corrected chi connectivity index (χ1v) is 15.0. The fraction of sp³-hybridized carbons (Fsp3) is 0.500. The molecule has 1 aliphatic carbocycles. The highest BCUT2D eigenvalue weighted by atomic mass is 35.5. The van der Waals surface area contributed by atoms with E-state index in [0.717, 1.165) is 40.9 Å². The Kier molecular flexibility index (Phi) is 8.97. The summed E-state index contributed by atoms with van der Waals surface area (Å²) in [6.45, 7) is 3.97. The van der Waals surface area contributed by atoms with Gasteiger partial charge in [0.15, 0.2) is 11.5 Å². The van der Waals surface area contributed by atoms with Gasteiger partial charge in [0, 0.05) is 56.6 Å². The number of rotatable bonds is 11. The molecule has 0 spiro atoms. The summed E-state index contributed by atoms with van der Waals surface area (Å²) in [6.07, 6.45) is 8.89. The standard InChI is InChI=1S/C32H41ClN4O4/c1-22-15-16-36(25-13-14-28(40-4)29(18-25)41-17-7-10-23-8-5-9-23)32(39)37(22)19-24-11-6-12-27-31(24)26(33)20-35(27)21-30(38)34(2)3/h6,11-14,18,20,22-23H,5,7-10,15-17,19,21H2,1-4H3/t22-/m0/s1. The van der Waals surface area contributed by atoms with Gasteiger partial charge in [-0.2, -0.15) is 0 Å². The molecule has 2 aromatic carbocycles. The number of carbonyl (C=O) groups excluding carboxylic acids is 2. The van der Waals surface area contributed by atoms with E-state index in [-0.39, 0.29) is 24.5 Å². The van der Waals surface area contributed by atoms with Crippen molar-refractivity contribution >= 4 is 40.1 Å². The molecular formula is C32H41ClN4O4. The molecule has 0 unspecified atom stereocenters. The first kappa shape index (κ1) is 29.1. The average Bonchev–Trinajstić information content (AvgIpc) is 3.25. The maximum Gasteiger partial charge on any atom is 0.325 e. The first-order chi connectivity index (χ1) is 19.8. The van der Waals surface area contributed by atoms with Crippen LogP contribution < -0.4 is 14.4 Å². The monoisotopic (exact) mass is 580 g/mol. The molecule has 41 heavy (non-hydrogen) atoms. The number of benzene rings is 2. The van der Waals surface area contributed by atoms with Crippen LogP contribution in [0.15, 0.2) is 42.6 Å². The van der Waals surface area contributed by atoms with Crippen LogP contribution in [-0.2, 0) is 17.9 Å². The maximum atomic E-state index is 13.9. The molecule has 1 saturated carbocycles. The zero-order valence-electron chi connectivity index (χ0n) is 24.6. The molecule has 0 N–H and O–H groups in total. The second-order valence-corrected chi connectivity index (χ2v) is 11.9. The van der Waals surface area contributed by atoms with Crippen LogP contribution in [0.25, 0.3) is 10.9 Å². The minimum absolute atomic E-state index is 0.0133. The van der Waals surface area contributed by atoms with Crippen molar-refractivity contribution in [3.63, 3.8) is 0 Å². The Morgan fingerprint density at radius 2 is 1.93 bits per heavy atom. The van der Waals surface area contributed by atoms with Crippen molar-refractivity contribution in [2.75, 3.05) is 39.3 Å². The Morgan fingerprint density at radius 1 is 1.12 bits per heavy atom. The van der Waals surface area contributed by atoms with Crippen molar-refractivity contribution in [1.82, 2.24) is 14.4 Å². The Bertz CT molecular complexity index is 1400. The quantitative estimate of drug-likeness (QED) is 0.241. The highest BCUT2D eigenvalue weighted by Gasteiger charge is 2.33.